The molecule has 0 aliphatic heterocycles. The molecule has 0 radical (unpaired) electrons. The molecule has 0 atom stereocenters. The number of ether oxygens (including phenoxy) is 1. The molecule has 0 amide bonds. The summed E-state index contributed by atoms with van der Waals surface area (Å²) in [5, 5.41) is 0. The normalized spacial score (nSPS) is 14.3. The first-order valence-corrected chi connectivity index (χ1v) is 4.87. The molecule has 0 saturated heterocycles. The zero-order valence-corrected chi connectivity index (χ0v) is 8.58. The first-order valence-electron chi connectivity index (χ1n) is 4.87. The molecule has 0 bridgehead atoms. The van der Waals surface area contributed by atoms with Gasteiger partial charge < -0.3 is 4.74 Å². The summed E-state index contributed by atoms with van der Waals surface area (Å²) in [4.78, 5) is 22.1. The second-order valence-electron chi connectivity index (χ2n) is 3.09. The van der Waals surface area contributed by atoms with Gasteiger partial charge in [-0.15, -0.1) is 0 Å². The van der Waals surface area contributed by atoms with Crippen LogP contribution in [0.2, 0.25) is 0 Å². The highest BCUT2D eigenvalue weighted by Crippen LogP contribution is 2.05. The molecule has 78 valence electrons. The number of unbranched alkanes of at least 4 members (excludes halogenated alkanes) is 2. The molecule has 1 aliphatic rings. The van der Waals surface area contributed by atoms with Crippen LogP contribution in [0.15, 0.2) is 24.0 Å². The highest BCUT2D eigenvalue weighted by Gasteiger charge is 2.13. The van der Waals surface area contributed by atoms with Crippen LogP contribution in [0.25, 0.3) is 0 Å². The second-order valence-corrected chi connectivity index (χ2v) is 3.09. The van der Waals surface area contributed by atoms with Crippen molar-refractivity contribution in [2.24, 2.45) is 0 Å². The Bertz CT molecular complexity index is 377. The highest BCUT2D eigenvalue weighted by molar-refractivity contribution is 6.16. The summed E-state index contributed by atoms with van der Waals surface area (Å²) in [6.45, 7) is 2.07. The zero-order valence-electron chi connectivity index (χ0n) is 8.58. The molecular formula is C12H12O3. The van der Waals surface area contributed by atoms with E-state index in [1.165, 1.54) is 12.2 Å². The fourth-order valence-corrected chi connectivity index (χ4v) is 0.975. The van der Waals surface area contributed by atoms with Gasteiger partial charge in [0.05, 0.1) is 0 Å². The molecule has 0 saturated carbocycles. The summed E-state index contributed by atoms with van der Waals surface area (Å²) in [5.41, 5.74) is 0. The third-order valence-corrected chi connectivity index (χ3v) is 1.80. The lowest BCUT2D eigenvalue weighted by molar-refractivity contribution is -0.116. The van der Waals surface area contributed by atoms with Crippen molar-refractivity contribution < 1.29 is 14.3 Å². The summed E-state index contributed by atoms with van der Waals surface area (Å²) < 4.78 is 4.89. The summed E-state index contributed by atoms with van der Waals surface area (Å²) in [5.74, 6) is 2.20. The lowest BCUT2D eigenvalue weighted by atomic mass is 10.1. The first-order chi connectivity index (χ1) is 7.24. The van der Waals surface area contributed by atoms with Gasteiger partial charge in [-0.05, 0) is 18.6 Å². The number of ketones is 2. The van der Waals surface area contributed by atoms with E-state index in [1.54, 1.807) is 0 Å². The van der Waals surface area contributed by atoms with Crippen LogP contribution in [-0.2, 0) is 14.3 Å². The number of carbonyl (C=O) groups is 2. The minimum absolute atomic E-state index is 0.00602. The number of hydrogen-bond acceptors (Lipinski definition) is 3. The Labute approximate surface area is 88.8 Å². The van der Waals surface area contributed by atoms with Crippen molar-refractivity contribution in [1.29, 1.82) is 0 Å². The molecule has 3 nitrogen and oxygen atoms in total. The molecule has 0 aromatic heterocycles. The maximum atomic E-state index is 11.2. The number of hydrogen-bond donors (Lipinski definition) is 0. The van der Waals surface area contributed by atoms with E-state index in [9.17, 15) is 9.59 Å². The summed E-state index contributed by atoms with van der Waals surface area (Å²) in [6, 6.07) is 0. The molecule has 0 heterocycles. The van der Waals surface area contributed by atoms with Gasteiger partial charge in [0, 0.05) is 12.5 Å². The van der Waals surface area contributed by atoms with E-state index in [0.717, 1.165) is 25.3 Å². The second kappa shape index (κ2) is 5.82. The van der Waals surface area contributed by atoms with Crippen LogP contribution in [0, 0.1) is 12.0 Å². The Morgan fingerprint density at radius 3 is 2.87 bits per heavy atom. The zero-order chi connectivity index (χ0) is 11.1. The van der Waals surface area contributed by atoms with Crippen molar-refractivity contribution in [1.82, 2.24) is 0 Å². The summed E-state index contributed by atoms with van der Waals surface area (Å²) >= 11 is 0. The Morgan fingerprint density at radius 1 is 1.33 bits per heavy atom. The minimum atomic E-state index is -0.320. The van der Waals surface area contributed by atoms with Crippen LogP contribution >= 0.6 is 0 Å². The molecule has 0 spiro atoms. The Balaban J connectivity index is 2.47. The van der Waals surface area contributed by atoms with Gasteiger partial charge in [0.25, 0.3) is 0 Å². The van der Waals surface area contributed by atoms with Crippen molar-refractivity contribution in [3.8, 4) is 12.0 Å². The molecule has 0 aromatic carbocycles. The Hall–Kier alpha value is -1.82. The average molecular weight is 204 g/mol. The van der Waals surface area contributed by atoms with Crippen LogP contribution in [-0.4, -0.2) is 11.6 Å². The summed E-state index contributed by atoms with van der Waals surface area (Å²) in [6.07, 6.45) is 8.77. The molecule has 1 aliphatic carbocycles. The fraction of sp³-hybridized carbons (Fsp3) is 0.333. The van der Waals surface area contributed by atoms with Gasteiger partial charge in [-0.3, -0.25) is 9.59 Å². The number of carbonyl (C=O) groups excluding carboxylic acids is 2. The van der Waals surface area contributed by atoms with Crippen molar-refractivity contribution in [3.63, 3.8) is 0 Å². The van der Waals surface area contributed by atoms with Gasteiger partial charge >= 0.3 is 0 Å². The smallest absolute Gasteiger partial charge is 0.222 e. The molecule has 0 fully saturated rings. The molecule has 15 heavy (non-hydrogen) atoms. The van der Waals surface area contributed by atoms with E-state index in [-0.39, 0.29) is 17.3 Å². The van der Waals surface area contributed by atoms with Gasteiger partial charge in [0.15, 0.2) is 11.5 Å². The lowest BCUT2D eigenvalue weighted by Gasteiger charge is -2.01. The monoisotopic (exact) mass is 204 g/mol. The predicted molar refractivity (Wildman–Crippen MR) is 55.6 cm³/mol. The van der Waals surface area contributed by atoms with Gasteiger partial charge in [0.1, 0.15) is 6.11 Å². The van der Waals surface area contributed by atoms with E-state index in [1.807, 2.05) is 0 Å². The first kappa shape index (κ1) is 11.3. The van der Waals surface area contributed by atoms with Gasteiger partial charge in [0.2, 0.25) is 5.78 Å². The van der Waals surface area contributed by atoms with Gasteiger partial charge in [-0.1, -0.05) is 19.3 Å². The molecular weight excluding hydrogens is 192 g/mol. The topological polar surface area (TPSA) is 43.4 Å². The van der Waals surface area contributed by atoms with E-state index < -0.39 is 0 Å². The highest BCUT2D eigenvalue weighted by atomic mass is 16.5. The molecule has 0 N–H and O–H groups in total. The summed E-state index contributed by atoms with van der Waals surface area (Å²) in [7, 11) is 0. The quantitative estimate of drug-likeness (QED) is 0.399. The molecule has 0 unspecified atom stereocenters. The van der Waals surface area contributed by atoms with E-state index in [4.69, 9.17) is 4.74 Å². The van der Waals surface area contributed by atoms with Gasteiger partial charge in [-0.25, -0.2) is 0 Å². The Morgan fingerprint density at radius 2 is 2.13 bits per heavy atom. The van der Waals surface area contributed by atoms with E-state index in [0.29, 0.717) is 0 Å². The van der Waals surface area contributed by atoms with E-state index >= 15 is 0 Å². The third kappa shape index (κ3) is 3.82. The van der Waals surface area contributed by atoms with Crippen molar-refractivity contribution >= 4 is 11.6 Å². The Kier molecular flexibility index (Phi) is 4.36. The van der Waals surface area contributed by atoms with Gasteiger partial charge in [-0.2, -0.15) is 0 Å². The van der Waals surface area contributed by atoms with Crippen LogP contribution in [0.1, 0.15) is 26.2 Å². The van der Waals surface area contributed by atoms with Crippen LogP contribution in [0.4, 0.5) is 0 Å². The fourth-order valence-electron chi connectivity index (χ4n) is 0.975. The van der Waals surface area contributed by atoms with E-state index in [2.05, 4.69) is 19.0 Å². The van der Waals surface area contributed by atoms with Crippen molar-refractivity contribution in [2.45, 2.75) is 26.2 Å². The van der Waals surface area contributed by atoms with Crippen molar-refractivity contribution in [2.75, 3.05) is 0 Å². The number of rotatable bonds is 3. The van der Waals surface area contributed by atoms with Crippen LogP contribution < -0.4 is 0 Å². The minimum Gasteiger partial charge on any atom is -0.403 e. The predicted octanol–water partition coefficient (Wildman–Crippen LogP) is 1.75. The van der Waals surface area contributed by atoms with Crippen molar-refractivity contribution in [3.05, 3.63) is 24.0 Å². The molecule has 3 heteroatoms. The molecule has 0 aromatic rings. The SMILES string of the molecule is CCCCC#COC1=CC(=O)C=CC1=O. The van der Waals surface area contributed by atoms with Crippen LogP contribution in [0.5, 0.6) is 0 Å². The number of allylic oxidation sites excluding steroid dienone is 3. The third-order valence-electron chi connectivity index (χ3n) is 1.80. The van der Waals surface area contributed by atoms with Crippen LogP contribution in [0.3, 0.4) is 0 Å². The maximum absolute atomic E-state index is 11.2. The maximum Gasteiger partial charge on any atom is 0.222 e. The lowest BCUT2D eigenvalue weighted by Crippen LogP contribution is -2.08. The molecule has 1 rings (SSSR count). The largest absolute Gasteiger partial charge is 0.403 e. The standard InChI is InChI=1S/C12H12O3/c1-2-3-4-5-8-15-12-9-10(13)6-7-11(12)14/h6-7,9H,2-4H2,1H3. The average Bonchev–Trinajstić information content (AvgIpc) is 2.23.